The fourth-order valence-corrected chi connectivity index (χ4v) is 2.52. The molecule has 2 aromatic carbocycles. The smallest absolute Gasteiger partial charge is 0.439 e. The van der Waals surface area contributed by atoms with Crippen molar-refractivity contribution in [3.63, 3.8) is 0 Å². The van der Waals surface area contributed by atoms with Crippen molar-refractivity contribution >= 4 is 23.2 Å². The van der Waals surface area contributed by atoms with E-state index in [0.29, 0.717) is 18.2 Å². The average Bonchev–Trinajstić information content (AvgIpc) is 2.62. The van der Waals surface area contributed by atoms with Crippen LogP contribution in [0.2, 0.25) is 5.02 Å². The molecule has 0 radical (unpaired) electrons. The van der Waals surface area contributed by atoms with Crippen LogP contribution in [0.1, 0.15) is 10.4 Å². The summed E-state index contributed by atoms with van der Waals surface area (Å²) in [4.78, 5) is 12.3. The predicted octanol–water partition coefficient (Wildman–Crippen LogP) is 5.15. The summed E-state index contributed by atoms with van der Waals surface area (Å²) in [5.74, 6) is -3.01. The molecular weight excluding hydrogens is 433 g/mol. The Bertz CT molecular complexity index is 886. The Kier molecular flexibility index (Phi) is 6.21. The zero-order valence-corrected chi connectivity index (χ0v) is 15.1. The summed E-state index contributed by atoms with van der Waals surface area (Å²) in [7, 11) is 1.09. The molecular formula is C17H12ClF7N2O2. The van der Waals surface area contributed by atoms with Gasteiger partial charge in [-0.05, 0) is 30.3 Å². The van der Waals surface area contributed by atoms with Gasteiger partial charge in [0.25, 0.3) is 5.91 Å². The highest BCUT2D eigenvalue weighted by molar-refractivity contribution is 6.31. The third-order valence-electron chi connectivity index (χ3n) is 3.75. The molecule has 2 N–H and O–H groups in total. The van der Waals surface area contributed by atoms with Crippen molar-refractivity contribution < 1.29 is 40.3 Å². The van der Waals surface area contributed by atoms with Crippen LogP contribution in [-0.2, 0) is 0 Å². The van der Waals surface area contributed by atoms with E-state index in [1.54, 1.807) is 0 Å². The lowest BCUT2D eigenvalue weighted by molar-refractivity contribution is -0.294. The van der Waals surface area contributed by atoms with Gasteiger partial charge in [0.15, 0.2) is 0 Å². The van der Waals surface area contributed by atoms with Gasteiger partial charge < -0.3 is 15.4 Å². The molecule has 4 nitrogen and oxygen atoms in total. The molecule has 0 heterocycles. The Labute approximate surface area is 164 Å². The summed E-state index contributed by atoms with van der Waals surface area (Å²) in [5, 5.41) is 1.45. The van der Waals surface area contributed by atoms with Gasteiger partial charge in [-0.25, -0.2) is 4.39 Å². The van der Waals surface area contributed by atoms with Gasteiger partial charge in [-0.3, -0.25) is 4.79 Å². The number of carbonyl (C=O) groups is 1. The number of anilines is 1. The number of rotatable bonds is 5. The van der Waals surface area contributed by atoms with E-state index in [0.717, 1.165) is 18.5 Å². The molecule has 29 heavy (non-hydrogen) atoms. The maximum Gasteiger partial charge on any atom is 0.439 e. The van der Waals surface area contributed by atoms with Crippen molar-refractivity contribution in [2.75, 3.05) is 12.4 Å². The molecule has 0 aliphatic heterocycles. The van der Waals surface area contributed by atoms with E-state index < -0.39 is 46.0 Å². The molecule has 12 heteroatoms. The van der Waals surface area contributed by atoms with Crippen LogP contribution in [0.15, 0.2) is 42.5 Å². The lowest BCUT2D eigenvalue weighted by Gasteiger charge is -2.39. The molecule has 0 fully saturated rings. The molecule has 0 aliphatic carbocycles. The number of ether oxygens (including phenoxy) is 1. The summed E-state index contributed by atoms with van der Waals surface area (Å²) in [6.45, 7) is 0. The second-order valence-corrected chi connectivity index (χ2v) is 6.06. The Morgan fingerprint density at radius 1 is 1.00 bits per heavy atom. The summed E-state index contributed by atoms with van der Waals surface area (Å²) in [6.07, 6.45) is -12.1. The number of alkyl halides is 6. The molecule has 158 valence electrons. The number of benzene rings is 2. The van der Waals surface area contributed by atoms with Crippen LogP contribution in [0.3, 0.4) is 0 Å². The Morgan fingerprint density at radius 2 is 1.59 bits per heavy atom. The number of methoxy groups -OCH3 is 1. The van der Waals surface area contributed by atoms with E-state index in [1.165, 1.54) is 23.5 Å². The van der Waals surface area contributed by atoms with Crippen molar-refractivity contribution in [2.45, 2.75) is 18.0 Å². The van der Waals surface area contributed by atoms with Crippen molar-refractivity contribution in [3.05, 3.63) is 58.9 Å². The van der Waals surface area contributed by atoms with Crippen LogP contribution in [0.4, 0.5) is 36.4 Å². The van der Waals surface area contributed by atoms with Crippen molar-refractivity contribution in [3.8, 4) is 5.75 Å². The Morgan fingerprint density at radius 3 is 2.10 bits per heavy atom. The molecule has 0 saturated carbocycles. The molecule has 0 saturated heterocycles. The number of carbonyl (C=O) groups excluding carboxylic acids is 1. The number of nitrogens with one attached hydrogen (secondary N) is 2. The fourth-order valence-electron chi connectivity index (χ4n) is 2.34. The maximum absolute atomic E-state index is 13.7. The standard InChI is InChI=1S/C17H12ClF7N2O2/c1-29-13-5-3-2-4-10(13)14(28)27-15(16(20,21)22,17(23,24)25)26-9-6-7-12(19)11(18)8-9/h2-8,26H,1H3,(H,27,28). The van der Waals surface area contributed by atoms with Gasteiger partial charge in [0.1, 0.15) is 11.6 Å². The largest absolute Gasteiger partial charge is 0.496 e. The monoisotopic (exact) mass is 444 g/mol. The number of hydrogen-bond donors (Lipinski definition) is 2. The van der Waals surface area contributed by atoms with Crippen molar-refractivity contribution in [1.82, 2.24) is 5.32 Å². The highest BCUT2D eigenvalue weighted by atomic mass is 35.5. The minimum atomic E-state index is -6.05. The van der Waals surface area contributed by atoms with E-state index >= 15 is 0 Å². The first-order chi connectivity index (χ1) is 13.3. The fraction of sp³-hybridized carbons (Fsp3) is 0.235. The Hall–Kier alpha value is -2.69. The van der Waals surface area contributed by atoms with Crippen LogP contribution in [-0.4, -0.2) is 31.0 Å². The third-order valence-corrected chi connectivity index (χ3v) is 4.04. The van der Waals surface area contributed by atoms with Crippen LogP contribution in [0, 0.1) is 5.82 Å². The summed E-state index contributed by atoms with van der Waals surface area (Å²) in [5.41, 5.74) is -6.29. The van der Waals surface area contributed by atoms with Crippen LogP contribution >= 0.6 is 11.6 Å². The van der Waals surface area contributed by atoms with Crippen molar-refractivity contribution in [1.29, 1.82) is 0 Å². The molecule has 2 rings (SSSR count). The van der Waals surface area contributed by atoms with E-state index in [1.807, 2.05) is 0 Å². The van der Waals surface area contributed by atoms with E-state index in [9.17, 15) is 35.5 Å². The van der Waals surface area contributed by atoms with E-state index in [-0.39, 0.29) is 5.75 Å². The van der Waals surface area contributed by atoms with Gasteiger partial charge in [0, 0.05) is 5.69 Å². The highest BCUT2D eigenvalue weighted by Gasteiger charge is 2.72. The molecule has 0 unspecified atom stereocenters. The zero-order chi connectivity index (χ0) is 22.0. The minimum Gasteiger partial charge on any atom is -0.496 e. The Balaban J connectivity index is 2.57. The lowest BCUT2D eigenvalue weighted by Crippen LogP contribution is -2.72. The summed E-state index contributed by atoms with van der Waals surface area (Å²) >= 11 is 5.43. The van der Waals surface area contributed by atoms with Gasteiger partial charge in [0.2, 0.25) is 0 Å². The molecule has 0 atom stereocenters. The molecule has 0 aliphatic rings. The number of halogens is 8. The van der Waals surface area contributed by atoms with Crippen LogP contribution in [0.25, 0.3) is 0 Å². The molecule has 0 spiro atoms. The second kappa shape index (κ2) is 7.97. The lowest BCUT2D eigenvalue weighted by atomic mass is 10.1. The normalized spacial score (nSPS) is 12.4. The molecule has 0 bridgehead atoms. The SMILES string of the molecule is COc1ccccc1C(=O)NC(Nc1ccc(F)c(Cl)c1)(C(F)(F)F)C(F)(F)F. The topological polar surface area (TPSA) is 50.4 Å². The first-order valence-corrected chi connectivity index (χ1v) is 8.02. The van der Waals surface area contributed by atoms with Gasteiger partial charge >= 0.3 is 18.0 Å². The van der Waals surface area contributed by atoms with Crippen LogP contribution < -0.4 is 15.4 Å². The maximum atomic E-state index is 13.7. The molecule has 2 aromatic rings. The number of amides is 1. The van der Waals surface area contributed by atoms with E-state index in [2.05, 4.69) is 0 Å². The van der Waals surface area contributed by atoms with Crippen LogP contribution in [0.5, 0.6) is 5.75 Å². The van der Waals surface area contributed by atoms with Gasteiger partial charge in [0.05, 0.1) is 17.7 Å². The quantitative estimate of drug-likeness (QED) is 0.495. The van der Waals surface area contributed by atoms with Crippen molar-refractivity contribution in [2.24, 2.45) is 0 Å². The first-order valence-electron chi connectivity index (χ1n) is 7.64. The van der Waals surface area contributed by atoms with Gasteiger partial charge in [-0.2, -0.15) is 26.3 Å². The highest BCUT2D eigenvalue weighted by Crippen LogP contribution is 2.44. The summed E-state index contributed by atoms with van der Waals surface area (Å²) < 4.78 is 100.0. The minimum absolute atomic E-state index is 0.243. The first kappa shape index (κ1) is 22.6. The molecule has 0 aromatic heterocycles. The van der Waals surface area contributed by atoms with Gasteiger partial charge in [-0.1, -0.05) is 23.7 Å². The average molecular weight is 445 g/mol. The zero-order valence-electron chi connectivity index (χ0n) is 14.4. The van der Waals surface area contributed by atoms with Gasteiger partial charge in [-0.15, -0.1) is 0 Å². The predicted molar refractivity (Wildman–Crippen MR) is 90.3 cm³/mol. The number of hydrogen-bond acceptors (Lipinski definition) is 3. The number of para-hydroxylation sites is 1. The molecule has 1 amide bonds. The second-order valence-electron chi connectivity index (χ2n) is 5.65. The van der Waals surface area contributed by atoms with E-state index in [4.69, 9.17) is 16.3 Å². The summed E-state index contributed by atoms with van der Waals surface area (Å²) in [6, 6.07) is 6.49. The third kappa shape index (κ3) is 4.50.